The second kappa shape index (κ2) is 34.3. The van der Waals surface area contributed by atoms with Gasteiger partial charge in [-0.2, -0.15) is 0 Å². The van der Waals surface area contributed by atoms with E-state index < -0.39 is 0 Å². The molecule has 0 bridgehead atoms. The molecule has 7 aromatic carbocycles. The fourth-order valence-electron chi connectivity index (χ4n) is 6.46. The number of carbonyl (C=O) groups is 4. The summed E-state index contributed by atoms with van der Waals surface area (Å²) in [7, 11) is 3.04. The maximum Gasteiger partial charge on any atom is 0.330 e. The molecule has 0 atom stereocenters. The Bertz CT molecular complexity index is 2580. The van der Waals surface area contributed by atoms with E-state index in [9.17, 15) is 19.2 Å². The highest BCUT2D eigenvalue weighted by atomic mass is 16.5. The van der Waals surface area contributed by atoms with Crippen LogP contribution in [-0.2, 0) is 34.1 Å². The Labute approximate surface area is 444 Å². The Morgan fingerprint density at radius 1 is 0.400 bits per heavy atom. The fraction of sp³-hybridized carbons (Fsp3) is 0.118. The van der Waals surface area contributed by atoms with Crippen molar-refractivity contribution < 1.29 is 28.7 Å². The summed E-state index contributed by atoms with van der Waals surface area (Å²) in [4.78, 5) is 46.1. The molecule has 7 aromatic rings. The summed E-state index contributed by atoms with van der Waals surface area (Å²) >= 11 is 0. The van der Waals surface area contributed by atoms with Crippen molar-refractivity contribution in [2.75, 3.05) is 32.7 Å². The number of benzene rings is 7. The largest absolute Gasteiger partial charge is 0.466 e. The van der Waals surface area contributed by atoms with Gasteiger partial charge in [0.25, 0.3) is 0 Å². The highest BCUT2D eigenvalue weighted by Crippen LogP contribution is 2.28. The van der Waals surface area contributed by atoms with Crippen LogP contribution in [0.1, 0.15) is 65.3 Å². The average Bonchev–Trinajstić information content (AvgIpc) is 3.45. The van der Waals surface area contributed by atoms with Gasteiger partial charge in [0.15, 0.2) is 17.3 Å². The standard InChI is InChI=1S/C17H25NO3.3C17H14O/c1-17(2,3)14-8-6-13(7-9-16(19)21-5)15(12-14)18-10-11-20-4;3*18-17(13-11-15-7-3-1-4-8-15)14-12-16-9-5-2-6-10-16/h6-9,12,18H,10-11H2,1-5H3;3*1-14H. The summed E-state index contributed by atoms with van der Waals surface area (Å²) in [5, 5.41) is 3.34. The number of allylic oxidation sites excluding steroid dienone is 6. The molecule has 0 radical (unpaired) electrons. The summed E-state index contributed by atoms with van der Waals surface area (Å²) < 4.78 is 9.68. The van der Waals surface area contributed by atoms with Gasteiger partial charge in [0.1, 0.15) is 0 Å². The van der Waals surface area contributed by atoms with Crippen molar-refractivity contribution in [2.45, 2.75) is 26.2 Å². The molecule has 0 saturated carbocycles. The lowest BCUT2D eigenvalue weighted by Crippen LogP contribution is -2.13. The van der Waals surface area contributed by atoms with E-state index in [1.54, 1.807) is 49.6 Å². The SMILES string of the molecule is COCCNc1cc(C(C)(C)C)ccc1C=CC(=O)OC.O=C(C=Cc1ccccc1)C=Cc1ccccc1.O=C(C=Cc1ccccc1)C=Cc1ccccc1.O=C(C=Cc1ccccc1)C=Cc1ccccc1. The van der Waals surface area contributed by atoms with Gasteiger partial charge in [0.2, 0.25) is 0 Å². The van der Waals surface area contributed by atoms with E-state index in [1.807, 2.05) is 225 Å². The van der Waals surface area contributed by atoms with Gasteiger partial charge in [0.05, 0.1) is 13.7 Å². The highest BCUT2D eigenvalue weighted by molar-refractivity contribution is 6.05. The smallest absolute Gasteiger partial charge is 0.330 e. The van der Waals surface area contributed by atoms with Gasteiger partial charge in [-0.25, -0.2) is 4.79 Å². The van der Waals surface area contributed by atoms with E-state index in [2.05, 4.69) is 43.0 Å². The van der Waals surface area contributed by atoms with Crippen LogP contribution in [0.4, 0.5) is 5.69 Å². The Kier molecular flexibility index (Phi) is 26.8. The molecule has 0 aliphatic heterocycles. The van der Waals surface area contributed by atoms with Gasteiger partial charge in [-0.3, -0.25) is 14.4 Å². The Morgan fingerprint density at radius 2 is 0.693 bits per heavy atom. The molecule has 0 aromatic heterocycles. The number of hydrogen-bond donors (Lipinski definition) is 1. The van der Waals surface area contributed by atoms with Crippen molar-refractivity contribution in [1.82, 2.24) is 0 Å². The van der Waals surface area contributed by atoms with E-state index in [0.717, 1.165) is 44.6 Å². The lowest BCUT2D eigenvalue weighted by Gasteiger charge is -2.21. The van der Waals surface area contributed by atoms with Crippen LogP contribution in [-0.4, -0.2) is 50.7 Å². The van der Waals surface area contributed by atoms with Crippen LogP contribution in [0.2, 0.25) is 0 Å². The van der Waals surface area contributed by atoms with Gasteiger partial charge < -0.3 is 14.8 Å². The normalized spacial score (nSPS) is 11.3. The number of anilines is 1. The lowest BCUT2D eigenvalue weighted by atomic mass is 9.86. The number of hydrogen-bond acceptors (Lipinski definition) is 7. The minimum absolute atomic E-state index is 0.0114. The van der Waals surface area contributed by atoms with Crippen molar-refractivity contribution in [1.29, 1.82) is 0 Å². The zero-order valence-corrected chi connectivity index (χ0v) is 43.5. The Hall–Kier alpha value is -9.04. The summed E-state index contributed by atoms with van der Waals surface area (Å²) in [6, 6.07) is 64.9. The molecule has 0 amide bonds. The van der Waals surface area contributed by atoms with Gasteiger partial charge in [-0.05, 0) is 98.5 Å². The van der Waals surface area contributed by atoms with Crippen LogP contribution >= 0.6 is 0 Å². The molecule has 0 aliphatic rings. The molecule has 75 heavy (non-hydrogen) atoms. The van der Waals surface area contributed by atoms with Crippen LogP contribution in [0.15, 0.2) is 243 Å². The first-order chi connectivity index (χ1) is 36.4. The Morgan fingerprint density at radius 3 is 0.947 bits per heavy atom. The third kappa shape index (κ3) is 25.8. The molecule has 0 spiro atoms. The van der Waals surface area contributed by atoms with Crippen LogP contribution in [0, 0.1) is 0 Å². The number of nitrogens with one attached hydrogen (secondary N) is 1. The fourth-order valence-corrected chi connectivity index (χ4v) is 6.46. The van der Waals surface area contributed by atoms with Crippen molar-refractivity contribution >= 4 is 71.5 Å². The maximum atomic E-state index is 11.6. The minimum Gasteiger partial charge on any atom is -0.466 e. The number of methoxy groups -OCH3 is 2. The molecule has 0 fully saturated rings. The zero-order valence-electron chi connectivity index (χ0n) is 43.5. The molecule has 0 saturated heterocycles. The van der Waals surface area contributed by atoms with Crippen molar-refractivity contribution in [3.63, 3.8) is 0 Å². The number of esters is 1. The summed E-state index contributed by atoms with van der Waals surface area (Å²) in [6.45, 7) is 7.85. The summed E-state index contributed by atoms with van der Waals surface area (Å²) in [5.41, 5.74) is 9.40. The molecule has 0 aliphatic carbocycles. The second-order valence-electron chi connectivity index (χ2n) is 17.5. The molecule has 7 nitrogen and oxygen atoms in total. The van der Waals surface area contributed by atoms with Crippen molar-refractivity contribution in [2.24, 2.45) is 0 Å². The van der Waals surface area contributed by atoms with Gasteiger partial charge >= 0.3 is 5.97 Å². The topological polar surface area (TPSA) is 98.8 Å². The molecule has 7 rings (SSSR count). The third-order valence-corrected chi connectivity index (χ3v) is 10.6. The van der Waals surface area contributed by atoms with Crippen LogP contribution in [0.3, 0.4) is 0 Å². The van der Waals surface area contributed by atoms with Crippen molar-refractivity contribution in [3.05, 3.63) is 287 Å². The van der Waals surface area contributed by atoms with Gasteiger partial charge in [0, 0.05) is 25.4 Å². The number of carbonyl (C=O) groups excluding carboxylic acids is 4. The van der Waals surface area contributed by atoms with Crippen LogP contribution in [0.5, 0.6) is 0 Å². The molecule has 1 N–H and O–H groups in total. The molecule has 380 valence electrons. The number of ketones is 3. The van der Waals surface area contributed by atoms with Gasteiger partial charge in [-0.15, -0.1) is 0 Å². The predicted molar refractivity (Wildman–Crippen MR) is 314 cm³/mol. The first-order valence-corrected chi connectivity index (χ1v) is 24.6. The van der Waals surface area contributed by atoms with Gasteiger partial charge in [-0.1, -0.05) is 251 Å². The van der Waals surface area contributed by atoms with Crippen molar-refractivity contribution in [3.8, 4) is 0 Å². The third-order valence-electron chi connectivity index (χ3n) is 10.6. The van der Waals surface area contributed by atoms with Crippen LogP contribution < -0.4 is 5.32 Å². The predicted octanol–water partition coefficient (Wildman–Crippen LogP) is 15.2. The second-order valence-corrected chi connectivity index (χ2v) is 17.5. The first kappa shape index (κ1) is 58.5. The van der Waals surface area contributed by atoms with E-state index in [0.29, 0.717) is 13.2 Å². The Balaban J connectivity index is 0.000000217. The summed E-state index contributed by atoms with van der Waals surface area (Å²) in [5.74, 6) is -0.397. The summed E-state index contributed by atoms with van der Waals surface area (Å²) in [6.07, 6.45) is 23.6. The highest BCUT2D eigenvalue weighted by Gasteiger charge is 2.15. The first-order valence-electron chi connectivity index (χ1n) is 24.6. The molecule has 7 heteroatoms. The lowest BCUT2D eigenvalue weighted by molar-refractivity contribution is -0.134. The van der Waals surface area contributed by atoms with E-state index in [1.165, 1.54) is 18.7 Å². The quantitative estimate of drug-likeness (QED) is 0.0519. The maximum absolute atomic E-state index is 11.6. The zero-order chi connectivity index (χ0) is 53.8. The monoisotopic (exact) mass is 993 g/mol. The molecular formula is C68H67NO6. The van der Waals surface area contributed by atoms with E-state index >= 15 is 0 Å². The van der Waals surface area contributed by atoms with E-state index in [4.69, 9.17) is 4.74 Å². The number of ether oxygens (including phenoxy) is 2. The van der Waals surface area contributed by atoms with E-state index in [-0.39, 0.29) is 28.7 Å². The molecule has 0 unspecified atom stereocenters. The molecular weight excluding hydrogens is 927 g/mol. The van der Waals surface area contributed by atoms with Crippen LogP contribution in [0.25, 0.3) is 42.5 Å². The number of rotatable bonds is 18. The molecule has 0 heterocycles. The minimum atomic E-state index is -0.363. The average molecular weight is 994 g/mol.